The molecule has 0 radical (unpaired) electrons. The number of rotatable bonds is 3. The van der Waals surface area contributed by atoms with Crippen molar-refractivity contribution in [1.82, 2.24) is 0 Å². The van der Waals surface area contributed by atoms with Gasteiger partial charge in [0.15, 0.2) is 6.10 Å². The maximum atomic E-state index is 11.5. The van der Waals surface area contributed by atoms with E-state index in [1.54, 1.807) is 6.92 Å². The predicted molar refractivity (Wildman–Crippen MR) is 66.4 cm³/mol. The van der Waals surface area contributed by atoms with Crippen LogP contribution in [0.4, 0.5) is 0 Å². The van der Waals surface area contributed by atoms with E-state index >= 15 is 0 Å². The van der Waals surface area contributed by atoms with Gasteiger partial charge in [0.2, 0.25) is 0 Å². The minimum atomic E-state index is -0.502. The SMILES string of the molecule is CCC(=O)OC(C#N)C12CC3CC(CC(C3)C1)C2. The molecule has 0 amide bonds. The molecule has 0 aromatic heterocycles. The summed E-state index contributed by atoms with van der Waals surface area (Å²) in [5, 5.41) is 9.40. The molecule has 0 N–H and O–H groups in total. The minimum absolute atomic E-state index is 0.00562. The lowest BCUT2D eigenvalue weighted by molar-refractivity contribution is -0.164. The van der Waals surface area contributed by atoms with Crippen molar-refractivity contribution in [2.45, 2.75) is 58.0 Å². The lowest BCUT2D eigenvalue weighted by Gasteiger charge is -2.57. The standard InChI is InChI=1S/C15H21NO2/c1-2-14(17)18-13(9-16)15-6-10-3-11(7-15)5-12(4-10)8-15/h10-13H,2-8H2,1H3. The van der Waals surface area contributed by atoms with Crippen LogP contribution in [0.1, 0.15) is 51.9 Å². The van der Waals surface area contributed by atoms with Gasteiger partial charge in [0.1, 0.15) is 6.07 Å². The van der Waals surface area contributed by atoms with Crippen molar-refractivity contribution in [2.24, 2.45) is 23.2 Å². The van der Waals surface area contributed by atoms with Crippen LogP contribution in [0.3, 0.4) is 0 Å². The minimum Gasteiger partial charge on any atom is -0.446 e. The Morgan fingerprint density at radius 3 is 2.17 bits per heavy atom. The fourth-order valence-electron chi connectivity index (χ4n) is 5.00. The Kier molecular flexibility index (Phi) is 2.84. The van der Waals surface area contributed by atoms with Crippen molar-refractivity contribution in [3.05, 3.63) is 0 Å². The zero-order valence-corrected chi connectivity index (χ0v) is 11.0. The van der Waals surface area contributed by atoms with E-state index in [-0.39, 0.29) is 11.4 Å². The van der Waals surface area contributed by atoms with Crippen molar-refractivity contribution >= 4 is 5.97 Å². The van der Waals surface area contributed by atoms with E-state index in [1.807, 2.05) is 0 Å². The highest BCUT2D eigenvalue weighted by atomic mass is 16.5. The molecule has 0 aromatic carbocycles. The molecule has 4 fully saturated rings. The predicted octanol–water partition coefficient (Wildman–Crippen LogP) is 3.05. The molecule has 98 valence electrons. The van der Waals surface area contributed by atoms with Crippen molar-refractivity contribution in [3.63, 3.8) is 0 Å². The molecule has 0 aromatic rings. The van der Waals surface area contributed by atoms with Gasteiger partial charge < -0.3 is 4.74 Å². The maximum absolute atomic E-state index is 11.5. The molecule has 1 unspecified atom stereocenters. The van der Waals surface area contributed by atoms with Gasteiger partial charge in [-0.15, -0.1) is 0 Å². The smallest absolute Gasteiger partial charge is 0.306 e. The number of esters is 1. The Morgan fingerprint density at radius 1 is 1.28 bits per heavy atom. The largest absolute Gasteiger partial charge is 0.446 e. The van der Waals surface area contributed by atoms with Crippen molar-refractivity contribution < 1.29 is 9.53 Å². The van der Waals surface area contributed by atoms with Crippen LogP contribution in [0.5, 0.6) is 0 Å². The van der Waals surface area contributed by atoms with Gasteiger partial charge in [-0.3, -0.25) is 4.79 Å². The fourth-order valence-corrected chi connectivity index (χ4v) is 5.00. The van der Waals surface area contributed by atoms with Crippen LogP contribution in [-0.2, 0) is 9.53 Å². The number of nitriles is 1. The van der Waals surface area contributed by atoms with E-state index in [0.717, 1.165) is 37.0 Å². The molecule has 18 heavy (non-hydrogen) atoms. The fraction of sp³-hybridized carbons (Fsp3) is 0.867. The molecular weight excluding hydrogens is 226 g/mol. The summed E-state index contributed by atoms with van der Waals surface area (Å²) in [4.78, 5) is 11.5. The third-order valence-corrected chi connectivity index (χ3v) is 5.30. The number of nitrogens with zero attached hydrogens (tertiary/aromatic N) is 1. The quantitative estimate of drug-likeness (QED) is 0.720. The number of hydrogen-bond acceptors (Lipinski definition) is 3. The highest BCUT2D eigenvalue weighted by molar-refractivity contribution is 5.69. The first-order chi connectivity index (χ1) is 8.65. The Bertz CT molecular complexity index is 361. The zero-order valence-electron chi connectivity index (χ0n) is 11.0. The monoisotopic (exact) mass is 247 g/mol. The molecule has 0 spiro atoms. The Morgan fingerprint density at radius 2 is 1.78 bits per heavy atom. The molecule has 4 saturated carbocycles. The number of ether oxygens (including phenoxy) is 1. The summed E-state index contributed by atoms with van der Waals surface area (Å²) in [5.41, 5.74) is -0.00562. The molecule has 3 heteroatoms. The summed E-state index contributed by atoms with van der Waals surface area (Å²) in [7, 11) is 0. The second-order valence-corrected chi connectivity index (χ2v) is 6.63. The normalized spacial score (nSPS) is 42.3. The van der Waals surface area contributed by atoms with E-state index in [4.69, 9.17) is 4.74 Å². The molecule has 3 nitrogen and oxygen atoms in total. The first-order valence-electron chi connectivity index (χ1n) is 7.24. The van der Waals surface area contributed by atoms with Crippen LogP contribution >= 0.6 is 0 Å². The van der Waals surface area contributed by atoms with E-state index in [9.17, 15) is 10.1 Å². The zero-order chi connectivity index (χ0) is 12.8. The number of hydrogen-bond donors (Lipinski definition) is 0. The third kappa shape index (κ3) is 1.83. The van der Waals surface area contributed by atoms with Crippen molar-refractivity contribution in [3.8, 4) is 6.07 Å². The second-order valence-electron chi connectivity index (χ2n) is 6.63. The van der Waals surface area contributed by atoms with Crippen LogP contribution < -0.4 is 0 Å². The van der Waals surface area contributed by atoms with E-state index in [0.29, 0.717) is 6.42 Å². The van der Waals surface area contributed by atoms with Crippen LogP contribution in [0, 0.1) is 34.5 Å². The molecule has 4 aliphatic carbocycles. The van der Waals surface area contributed by atoms with E-state index < -0.39 is 6.10 Å². The summed E-state index contributed by atoms with van der Waals surface area (Å²) >= 11 is 0. The summed E-state index contributed by atoms with van der Waals surface area (Å²) in [5.74, 6) is 2.13. The first kappa shape index (κ1) is 12.0. The van der Waals surface area contributed by atoms with Crippen LogP contribution in [0.2, 0.25) is 0 Å². The number of carbonyl (C=O) groups is 1. The average Bonchev–Trinajstić information content (AvgIpc) is 2.33. The molecule has 0 aliphatic heterocycles. The van der Waals surface area contributed by atoms with E-state index in [2.05, 4.69) is 6.07 Å². The van der Waals surface area contributed by atoms with Gasteiger partial charge >= 0.3 is 5.97 Å². The topological polar surface area (TPSA) is 50.1 Å². The van der Waals surface area contributed by atoms with Gasteiger partial charge in [0.05, 0.1) is 0 Å². The average molecular weight is 247 g/mol. The van der Waals surface area contributed by atoms with Gasteiger partial charge in [-0.2, -0.15) is 5.26 Å². The molecule has 0 heterocycles. The molecule has 4 rings (SSSR count). The van der Waals surface area contributed by atoms with Crippen molar-refractivity contribution in [1.29, 1.82) is 5.26 Å². The highest BCUT2D eigenvalue weighted by Crippen LogP contribution is 2.61. The van der Waals surface area contributed by atoms with Crippen LogP contribution in [0.15, 0.2) is 0 Å². The molecule has 4 aliphatic rings. The lowest BCUT2D eigenvalue weighted by Crippen LogP contribution is -2.52. The Balaban J connectivity index is 1.81. The van der Waals surface area contributed by atoms with E-state index in [1.165, 1.54) is 19.3 Å². The molecular formula is C15H21NO2. The summed E-state index contributed by atoms with van der Waals surface area (Å²) in [6.07, 6.45) is 7.22. The Hall–Kier alpha value is -1.04. The molecule has 1 atom stereocenters. The van der Waals surface area contributed by atoms with Crippen LogP contribution in [-0.4, -0.2) is 12.1 Å². The van der Waals surface area contributed by atoms with Gasteiger partial charge in [-0.25, -0.2) is 0 Å². The van der Waals surface area contributed by atoms with Gasteiger partial charge in [0.25, 0.3) is 0 Å². The summed E-state index contributed by atoms with van der Waals surface area (Å²) < 4.78 is 5.43. The molecule has 4 bridgehead atoms. The lowest BCUT2D eigenvalue weighted by atomic mass is 9.48. The van der Waals surface area contributed by atoms with Gasteiger partial charge in [-0.05, 0) is 56.3 Å². The third-order valence-electron chi connectivity index (χ3n) is 5.30. The summed E-state index contributed by atoms with van der Waals surface area (Å²) in [6.45, 7) is 1.79. The maximum Gasteiger partial charge on any atom is 0.306 e. The summed E-state index contributed by atoms with van der Waals surface area (Å²) in [6, 6.07) is 2.28. The Labute approximate surface area is 108 Å². The first-order valence-corrected chi connectivity index (χ1v) is 7.24. The van der Waals surface area contributed by atoms with Gasteiger partial charge in [0, 0.05) is 11.8 Å². The van der Waals surface area contributed by atoms with Crippen molar-refractivity contribution in [2.75, 3.05) is 0 Å². The van der Waals surface area contributed by atoms with Gasteiger partial charge in [-0.1, -0.05) is 6.92 Å². The molecule has 0 saturated heterocycles. The second kappa shape index (κ2) is 4.26. The number of carbonyl (C=O) groups excluding carboxylic acids is 1. The van der Waals surface area contributed by atoms with Crippen LogP contribution in [0.25, 0.3) is 0 Å². The highest BCUT2D eigenvalue weighted by Gasteiger charge is 2.55.